The Morgan fingerprint density at radius 1 is 1.33 bits per heavy atom. The zero-order valence-corrected chi connectivity index (χ0v) is 10.0. The minimum absolute atomic E-state index is 0. The fraction of sp³-hybridized carbons (Fsp3) is 0.125. The third-order valence-corrected chi connectivity index (χ3v) is 2.24. The maximum Gasteiger partial charge on any atom is 0.335 e. The van der Waals surface area contributed by atoms with Crippen LogP contribution >= 0.6 is 39.6 Å². The van der Waals surface area contributed by atoms with Gasteiger partial charge in [0.2, 0.25) is 0 Å². The van der Waals surface area contributed by atoms with E-state index in [4.69, 9.17) is 5.11 Å². The summed E-state index contributed by atoms with van der Waals surface area (Å²) >= 11 is 2.23. The van der Waals surface area contributed by atoms with E-state index in [0.29, 0.717) is 5.56 Å². The van der Waals surface area contributed by atoms with Crippen LogP contribution in [0, 0.1) is 0 Å². The van der Waals surface area contributed by atoms with Crippen LogP contribution in [-0.2, 0) is 4.43 Å². The second kappa shape index (κ2) is 5.53. The SMILES string of the molecule is Br.O=C(O)c1ccc(CI)cc1. The Bertz CT molecular complexity index is 258. The molecule has 0 atom stereocenters. The van der Waals surface area contributed by atoms with Gasteiger partial charge < -0.3 is 5.11 Å². The summed E-state index contributed by atoms with van der Waals surface area (Å²) in [6.45, 7) is 0. The highest BCUT2D eigenvalue weighted by Crippen LogP contribution is 2.07. The molecule has 0 heterocycles. The third-order valence-electron chi connectivity index (χ3n) is 1.36. The van der Waals surface area contributed by atoms with Crippen molar-refractivity contribution in [3.63, 3.8) is 0 Å². The molecule has 0 saturated carbocycles. The zero-order chi connectivity index (χ0) is 8.27. The van der Waals surface area contributed by atoms with Crippen molar-refractivity contribution in [3.8, 4) is 0 Å². The topological polar surface area (TPSA) is 37.3 Å². The molecule has 0 amide bonds. The number of hydrogen-bond donors (Lipinski definition) is 1. The number of rotatable bonds is 2. The highest BCUT2D eigenvalue weighted by atomic mass is 127. The van der Waals surface area contributed by atoms with Crippen molar-refractivity contribution < 1.29 is 9.90 Å². The largest absolute Gasteiger partial charge is 0.478 e. The Kier molecular flexibility index (Phi) is 5.48. The molecule has 1 aromatic rings. The van der Waals surface area contributed by atoms with E-state index in [2.05, 4.69) is 22.6 Å². The summed E-state index contributed by atoms with van der Waals surface area (Å²) in [4.78, 5) is 10.4. The zero-order valence-electron chi connectivity index (χ0n) is 6.16. The molecular formula is C8H8BrIO2. The molecular weight excluding hydrogens is 335 g/mol. The predicted octanol–water partition coefficient (Wildman–Crippen LogP) is 2.90. The maximum absolute atomic E-state index is 10.4. The Hall–Kier alpha value is -0.100. The monoisotopic (exact) mass is 342 g/mol. The van der Waals surface area contributed by atoms with E-state index in [1.54, 1.807) is 12.1 Å². The molecule has 0 radical (unpaired) electrons. The van der Waals surface area contributed by atoms with Gasteiger partial charge >= 0.3 is 5.97 Å². The van der Waals surface area contributed by atoms with Gasteiger partial charge in [-0.1, -0.05) is 34.7 Å². The molecule has 0 fully saturated rings. The van der Waals surface area contributed by atoms with Crippen molar-refractivity contribution in [2.75, 3.05) is 0 Å². The summed E-state index contributed by atoms with van der Waals surface area (Å²) in [5.41, 5.74) is 1.49. The summed E-state index contributed by atoms with van der Waals surface area (Å²) in [6.07, 6.45) is 0. The first-order chi connectivity index (χ1) is 5.24. The summed E-state index contributed by atoms with van der Waals surface area (Å²) in [5.74, 6) is -0.870. The minimum Gasteiger partial charge on any atom is -0.478 e. The van der Waals surface area contributed by atoms with Crippen molar-refractivity contribution in [2.24, 2.45) is 0 Å². The van der Waals surface area contributed by atoms with Gasteiger partial charge in [0.05, 0.1) is 5.56 Å². The van der Waals surface area contributed by atoms with Gasteiger partial charge in [-0.3, -0.25) is 0 Å². The van der Waals surface area contributed by atoms with Gasteiger partial charge in [-0.2, -0.15) is 0 Å². The molecule has 0 aliphatic heterocycles. The second-order valence-electron chi connectivity index (χ2n) is 2.14. The van der Waals surface area contributed by atoms with Crippen LogP contribution in [0.4, 0.5) is 0 Å². The fourth-order valence-electron chi connectivity index (χ4n) is 0.736. The van der Waals surface area contributed by atoms with Crippen LogP contribution in [0.15, 0.2) is 24.3 Å². The van der Waals surface area contributed by atoms with Crippen molar-refractivity contribution >= 4 is 45.5 Å². The summed E-state index contributed by atoms with van der Waals surface area (Å²) in [6, 6.07) is 6.90. The van der Waals surface area contributed by atoms with Gasteiger partial charge in [0.1, 0.15) is 0 Å². The van der Waals surface area contributed by atoms with Crippen LogP contribution in [0.25, 0.3) is 0 Å². The van der Waals surface area contributed by atoms with Gasteiger partial charge in [0.25, 0.3) is 0 Å². The number of aromatic carboxylic acids is 1. The number of alkyl halides is 1. The molecule has 1 aromatic carbocycles. The number of carboxylic acids is 1. The molecule has 0 unspecified atom stereocenters. The molecule has 0 bridgehead atoms. The Morgan fingerprint density at radius 3 is 2.17 bits per heavy atom. The van der Waals surface area contributed by atoms with E-state index in [1.165, 1.54) is 0 Å². The van der Waals surface area contributed by atoms with Crippen LogP contribution in [-0.4, -0.2) is 11.1 Å². The Morgan fingerprint density at radius 2 is 1.83 bits per heavy atom. The third kappa shape index (κ3) is 3.10. The van der Waals surface area contributed by atoms with E-state index < -0.39 is 5.97 Å². The second-order valence-corrected chi connectivity index (χ2v) is 2.90. The summed E-state index contributed by atoms with van der Waals surface area (Å²) in [5, 5.41) is 8.55. The summed E-state index contributed by atoms with van der Waals surface area (Å²) in [7, 11) is 0. The van der Waals surface area contributed by atoms with Crippen molar-refractivity contribution in [2.45, 2.75) is 4.43 Å². The molecule has 66 valence electrons. The van der Waals surface area contributed by atoms with E-state index in [0.717, 1.165) is 9.99 Å². The lowest BCUT2D eigenvalue weighted by Crippen LogP contribution is -1.95. The first-order valence-electron chi connectivity index (χ1n) is 3.12. The maximum atomic E-state index is 10.4. The lowest BCUT2D eigenvalue weighted by atomic mass is 10.2. The number of benzene rings is 1. The van der Waals surface area contributed by atoms with Gasteiger partial charge in [0.15, 0.2) is 0 Å². The standard InChI is InChI=1S/C8H7IO2.BrH/c9-5-6-1-3-7(4-2-6)8(10)11;/h1-4H,5H2,(H,10,11);1H. The van der Waals surface area contributed by atoms with Crippen LogP contribution in [0.3, 0.4) is 0 Å². The highest BCUT2D eigenvalue weighted by Gasteiger charge is 1.99. The van der Waals surface area contributed by atoms with E-state index in [9.17, 15) is 4.79 Å². The molecule has 1 rings (SSSR count). The molecule has 4 heteroatoms. The van der Waals surface area contributed by atoms with Crippen molar-refractivity contribution in [1.29, 1.82) is 0 Å². The number of carboxylic acid groups (broad SMARTS) is 1. The Labute approximate surface area is 94.9 Å². The van der Waals surface area contributed by atoms with Gasteiger partial charge in [-0.05, 0) is 17.7 Å². The van der Waals surface area contributed by atoms with Crippen molar-refractivity contribution in [3.05, 3.63) is 35.4 Å². The quantitative estimate of drug-likeness (QED) is 0.662. The molecule has 2 nitrogen and oxygen atoms in total. The summed E-state index contributed by atoms with van der Waals surface area (Å²) < 4.78 is 0.914. The van der Waals surface area contributed by atoms with Crippen LogP contribution in [0.5, 0.6) is 0 Å². The molecule has 0 aliphatic carbocycles. The normalized spacial score (nSPS) is 8.75. The lowest BCUT2D eigenvalue weighted by molar-refractivity contribution is 0.0697. The van der Waals surface area contributed by atoms with Crippen LogP contribution in [0.1, 0.15) is 15.9 Å². The average molecular weight is 343 g/mol. The number of carbonyl (C=O) groups is 1. The lowest BCUT2D eigenvalue weighted by Gasteiger charge is -1.95. The van der Waals surface area contributed by atoms with Crippen molar-refractivity contribution in [1.82, 2.24) is 0 Å². The number of halogens is 2. The Balaban J connectivity index is 0.00000121. The molecule has 12 heavy (non-hydrogen) atoms. The van der Waals surface area contributed by atoms with E-state index in [1.807, 2.05) is 12.1 Å². The molecule has 1 N–H and O–H groups in total. The molecule has 0 saturated heterocycles. The first-order valence-corrected chi connectivity index (χ1v) is 4.65. The molecule has 0 spiro atoms. The molecule has 0 aliphatic rings. The minimum atomic E-state index is -0.870. The number of hydrogen-bond acceptors (Lipinski definition) is 1. The van der Waals surface area contributed by atoms with Gasteiger partial charge in [-0.25, -0.2) is 4.79 Å². The smallest absolute Gasteiger partial charge is 0.335 e. The van der Waals surface area contributed by atoms with E-state index >= 15 is 0 Å². The predicted molar refractivity (Wildman–Crippen MR) is 61.4 cm³/mol. The first kappa shape index (κ1) is 11.9. The molecule has 0 aromatic heterocycles. The van der Waals surface area contributed by atoms with Gasteiger partial charge in [-0.15, -0.1) is 17.0 Å². The highest BCUT2D eigenvalue weighted by molar-refractivity contribution is 14.1. The van der Waals surface area contributed by atoms with Gasteiger partial charge in [0, 0.05) is 4.43 Å². The average Bonchev–Trinajstić information content (AvgIpc) is 2.05. The van der Waals surface area contributed by atoms with Crippen LogP contribution < -0.4 is 0 Å². The van der Waals surface area contributed by atoms with E-state index in [-0.39, 0.29) is 17.0 Å². The van der Waals surface area contributed by atoms with Crippen LogP contribution in [0.2, 0.25) is 0 Å². The fourth-order valence-corrected chi connectivity index (χ4v) is 1.24.